The van der Waals surface area contributed by atoms with Crippen LogP contribution in [0.5, 0.6) is 0 Å². The maximum absolute atomic E-state index is 12.4. The molecule has 146 valence electrons. The molecule has 5 rings (SSSR count). The summed E-state index contributed by atoms with van der Waals surface area (Å²) in [5.74, 6) is 2.51. The normalized spacial score (nSPS) is 32.1. The first-order valence-corrected chi connectivity index (χ1v) is 10.6. The molecule has 4 aliphatic rings. The summed E-state index contributed by atoms with van der Waals surface area (Å²) in [5.41, 5.74) is 0.874. The lowest BCUT2D eigenvalue weighted by Crippen LogP contribution is -2.56. The smallest absolute Gasteiger partial charge is 0.251 e. The highest BCUT2D eigenvalue weighted by Crippen LogP contribution is 2.61. The van der Waals surface area contributed by atoms with E-state index in [2.05, 4.69) is 17.6 Å². The Kier molecular flexibility index (Phi) is 5.19. The molecule has 0 unspecified atom stereocenters. The molecule has 27 heavy (non-hydrogen) atoms. The second kappa shape index (κ2) is 7.46. The molecule has 4 nitrogen and oxygen atoms in total. The van der Waals surface area contributed by atoms with E-state index in [0.29, 0.717) is 29.0 Å². The molecule has 0 aromatic heterocycles. The highest BCUT2D eigenvalue weighted by atomic mass is 35.5. The number of hydrogen-bond donors (Lipinski definition) is 2. The molecule has 0 aliphatic heterocycles. The predicted octanol–water partition coefficient (Wildman–Crippen LogP) is 4.18. The Bertz CT molecular complexity index is 680. The van der Waals surface area contributed by atoms with Gasteiger partial charge in [0.05, 0.1) is 0 Å². The number of carbonyl (C=O) groups excluding carboxylic acids is 2. The zero-order valence-corrected chi connectivity index (χ0v) is 16.7. The maximum Gasteiger partial charge on any atom is 0.251 e. The van der Waals surface area contributed by atoms with E-state index < -0.39 is 0 Å². The largest absolute Gasteiger partial charge is 0.353 e. The quantitative estimate of drug-likeness (QED) is 0.767. The van der Waals surface area contributed by atoms with Gasteiger partial charge in [0.15, 0.2) is 0 Å². The van der Waals surface area contributed by atoms with Gasteiger partial charge in [-0.15, -0.1) is 0 Å². The van der Waals surface area contributed by atoms with Gasteiger partial charge in [0.1, 0.15) is 0 Å². The van der Waals surface area contributed by atoms with Crippen molar-refractivity contribution >= 4 is 23.4 Å². The van der Waals surface area contributed by atoms with Crippen LogP contribution in [0.4, 0.5) is 0 Å². The number of carbonyl (C=O) groups is 2. The van der Waals surface area contributed by atoms with Gasteiger partial charge in [-0.1, -0.05) is 11.6 Å². The topological polar surface area (TPSA) is 58.2 Å². The van der Waals surface area contributed by atoms with Crippen molar-refractivity contribution in [2.45, 2.75) is 57.9 Å². The van der Waals surface area contributed by atoms with E-state index in [1.807, 2.05) is 0 Å². The Balaban J connectivity index is 1.25. The predicted molar refractivity (Wildman–Crippen MR) is 107 cm³/mol. The summed E-state index contributed by atoms with van der Waals surface area (Å²) >= 11 is 5.84. The molecule has 5 heteroatoms. The number of rotatable bonds is 6. The first-order valence-electron chi connectivity index (χ1n) is 10.3. The van der Waals surface area contributed by atoms with Gasteiger partial charge < -0.3 is 10.6 Å². The third kappa shape index (κ3) is 4.01. The lowest BCUT2D eigenvalue weighted by Gasteiger charge is -2.59. The summed E-state index contributed by atoms with van der Waals surface area (Å²) in [6.07, 6.45) is 8.41. The SMILES string of the molecule is C[C@H](NC(=O)CCNC(=O)c1ccc(Cl)cc1)C12CC3CC(CC(C3)C1)C2. The number of nitrogens with one attached hydrogen (secondary N) is 2. The second-order valence-corrected chi connectivity index (χ2v) is 9.52. The Labute approximate surface area is 166 Å². The van der Waals surface area contributed by atoms with Crippen LogP contribution in [0.15, 0.2) is 24.3 Å². The average molecular weight is 389 g/mol. The number of halogens is 1. The molecule has 2 N–H and O–H groups in total. The molecular weight excluding hydrogens is 360 g/mol. The summed E-state index contributed by atoms with van der Waals surface area (Å²) in [5, 5.41) is 6.67. The minimum Gasteiger partial charge on any atom is -0.353 e. The van der Waals surface area contributed by atoms with Gasteiger partial charge in [-0.05, 0) is 92.9 Å². The molecular formula is C22H29ClN2O2. The van der Waals surface area contributed by atoms with E-state index in [1.165, 1.54) is 38.5 Å². The van der Waals surface area contributed by atoms with Crippen molar-refractivity contribution in [3.63, 3.8) is 0 Å². The van der Waals surface area contributed by atoms with E-state index in [9.17, 15) is 9.59 Å². The molecule has 0 saturated heterocycles. The fourth-order valence-electron chi connectivity index (χ4n) is 6.17. The molecule has 4 fully saturated rings. The van der Waals surface area contributed by atoms with E-state index in [-0.39, 0.29) is 17.9 Å². The zero-order valence-electron chi connectivity index (χ0n) is 16.0. The molecule has 0 heterocycles. The lowest BCUT2D eigenvalue weighted by molar-refractivity contribution is -0.125. The average Bonchev–Trinajstić information content (AvgIpc) is 2.61. The zero-order chi connectivity index (χ0) is 19.0. The molecule has 1 aromatic carbocycles. The number of amides is 2. The standard InChI is InChI=1S/C22H29ClN2O2/c1-14(22-11-15-8-16(12-22)10-17(9-15)13-22)25-20(26)6-7-24-21(27)18-2-4-19(23)5-3-18/h2-5,14-17H,6-13H2,1H3,(H,24,27)(H,25,26)/t14-,15?,16?,17?,22?/m0/s1. The Morgan fingerprint density at radius 1 is 1.07 bits per heavy atom. The van der Waals surface area contributed by atoms with Crippen molar-refractivity contribution in [2.75, 3.05) is 6.54 Å². The molecule has 4 aliphatic carbocycles. The van der Waals surface area contributed by atoms with Gasteiger partial charge >= 0.3 is 0 Å². The van der Waals surface area contributed by atoms with E-state index in [4.69, 9.17) is 11.6 Å². The van der Waals surface area contributed by atoms with Gasteiger partial charge in [0.25, 0.3) is 5.91 Å². The summed E-state index contributed by atoms with van der Waals surface area (Å²) in [6.45, 7) is 2.54. The van der Waals surface area contributed by atoms with E-state index in [0.717, 1.165) is 17.8 Å². The summed E-state index contributed by atoms with van der Waals surface area (Å²) in [6, 6.07) is 6.98. The molecule has 4 saturated carbocycles. The van der Waals surface area contributed by atoms with Crippen LogP contribution in [-0.4, -0.2) is 24.4 Å². The number of hydrogen-bond acceptors (Lipinski definition) is 2. The van der Waals surface area contributed by atoms with E-state index >= 15 is 0 Å². The first kappa shape index (κ1) is 18.8. The summed E-state index contributed by atoms with van der Waals surface area (Å²) < 4.78 is 0. The Morgan fingerprint density at radius 3 is 2.19 bits per heavy atom. The van der Waals surface area contributed by atoms with Crippen LogP contribution in [0.3, 0.4) is 0 Å². The highest BCUT2D eigenvalue weighted by molar-refractivity contribution is 6.30. The first-order chi connectivity index (χ1) is 12.9. The third-order valence-corrected chi connectivity index (χ3v) is 7.38. The van der Waals surface area contributed by atoms with Crippen LogP contribution < -0.4 is 10.6 Å². The van der Waals surface area contributed by atoms with Crippen LogP contribution in [0.2, 0.25) is 5.02 Å². The molecule has 0 spiro atoms. The highest BCUT2D eigenvalue weighted by Gasteiger charge is 2.53. The van der Waals surface area contributed by atoms with Gasteiger partial charge in [0.2, 0.25) is 5.91 Å². The number of benzene rings is 1. The Morgan fingerprint density at radius 2 is 1.63 bits per heavy atom. The van der Waals surface area contributed by atoms with Crippen molar-refractivity contribution < 1.29 is 9.59 Å². The molecule has 0 radical (unpaired) electrons. The van der Waals surface area contributed by atoms with Crippen molar-refractivity contribution in [2.24, 2.45) is 23.2 Å². The van der Waals surface area contributed by atoms with Crippen molar-refractivity contribution in [1.82, 2.24) is 10.6 Å². The van der Waals surface area contributed by atoms with Crippen molar-refractivity contribution in [1.29, 1.82) is 0 Å². The van der Waals surface area contributed by atoms with Crippen LogP contribution in [-0.2, 0) is 4.79 Å². The molecule has 1 aromatic rings. The van der Waals surface area contributed by atoms with Crippen LogP contribution in [0.25, 0.3) is 0 Å². The molecule has 2 amide bonds. The fourth-order valence-corrected chi connectivity index (χ4v) is 6.29. The lowest BCUT2D eigenvalue weighted by atomic mass is 9.48. The van der Waals surface area contributed by atoms with Crippen LogP contribution in [0.1, 0.15) is 62.2 Å². The van der Waals surface area contributed by atoms with Crippen molar-refractivity contribution in [3.8, 4) is 0 Å². The monoisotopic (exact) mass is 388 g/mol. The Hall–Kier alpha value is -1.55. The molecule has 4 bridgehead atoms. The van der Waals surface area contributed by atoms with Gasteiger partial charge in [-0.3, -0.25) is 9.59 Å². The maximum atomic E-state index is 12.4. The summed E-state index contributed by atoms with van der Waals surface area (Å²) in [7, 11) is 0. The van der Waals surface area contributed by atoms with Crippen LogP contribution in [0, 0.1) is 23.2 Å². The third-order valence-electron chi connectivity index (χ3n) is 7.13. The fraction of sp³-hybridized carbons (Fsp3) is 0.636. The second-order valence-electron chi connectivity index (χ2n) is 9.08. The van der Waals surface area contributed by atoms with Gasteiger partial charge in [-0.25, -0.2) is 0 Å². The minimum absolute atomic E-state index is 0.0367. The van der Waals surface area contributed by atoms with Crippen LogP contribution >= 0.6 is 11.6 Å². The minimum atomic E-state index is -0.173. The summed E-state index contributed by atoms with van der Waals surface area (Å²) in [4.78, 5) is 24.5. The van der Waals surface area contributed by atoms with E-state index in [1.54, 1.807) is 24.3 Å². The van der Waals surface area contributed by atoms with Crippen molar-refractivity contribution in [3.05, 3.63) is 34.9 Å². The van der Waals surface area contributed by atoms with Gasteiger partial charge in [0, 0.05) is 29.6 Å². The molecule has 1 atom stereocenters. The van der Waals surface area contributed by atoms with Gasteiger partial charge in [-0.2, -0.15) is 0 Å².